The average molecular weight is 298 g/mol. The number of benzene rings is 1. The topological polar surface area (TPSA) is 35.1 Å². The van der Waals surface area contributed by atoms with Gasteiger partial charge in [-0.1, -0.05) is 42.8 Å². The van der Waals surface area contributed by atoms with E-state index in [1.165, 1.54) is 0 Å². The Labute approximate surface area is 133 Å². The summed E-state index contributed by atoms with van der Waals surface area (Å²) in [5.74, 6) is -0.194. The van der Waals surface area contributed by atoms with Gasteiger partial charge in [-0.3, -0.25) is 13.9 Å². The highest BCUT2D eigenvalue weighted by Gasteiger charge is 2.27. The molecule has 0 saturated heterocycles. The first-order valence-electron chi connectivity index (χ1n) is 7.54. The van der Waals surface area contributed by atoms with Gasteiger partial charge in [-0.25, -0.2) is 0 Å². The maximum atomic E-state index is 12.5. The molecule has 0 amide bonds. The normalized spacial score (nSPS) is 13.6. The zero-order valence-electron chi connectivity index (χ0n) is 13.7. The molecule has 0 bridgehead atoms. The summed E-state index contributed by atoms with van der Waals surface area (Å²) in [4.78, 5) is 12.5. The first kappa shape index (κ1) is 16.3. The first-order valence-corrected chi connectivity index (χ1v) is 7.54. The Morgan fingerprint density at radius 3 is 2.59 bits per heavy atom. The summed E-state index contributed by atoms with van der Waals surface area (Å²) in [5, 5.41) is -0.707. The van der Waals surface area contributed by atoms with Crippen molar-refractivity contribution < 1.29 is 14.1 Å². The van der Waals surface area contributed by atoms with Crippen molar-refractivity contribution in [3.05, 3.63) is 48.3 Å². The van der Waals surface area contributed by atoms with Gasteiger partial charge in [-0.05, 0) is 13.3 Å². The van der Waals surface area contributed by atoms with Crippen molar-refractivity contribution in [3.63, 3.8) is 0 Å². The minimum Gasteiger partial charge on any atom is -0.468 e. The second-order valence-corrected chi connectivity index (χ2v) is 5.82. The summed E-state index contributed by atoms with van der Waals surface area (Å²) < 4.78 is 9.32. The molecule has 1 heterocycles. The number of aryl methyl sites for hydroxylation is 2. The second-order valence-electron chi connectivity index (χ2n) is 5.82. The highest BCUT2D eigenvalue weighted by atomic mass is 16.5. The molecule has 0 saturated carbocycles. The summed E-state index contributed by atoms with van der Waals surface area (Å²) in [6, 6.07) is 10.0. The minimum absolute atomic E-state index is 0.194. The molecule has 1 aromatic carbocycles. The van der Waals surface area contributed by atoms with Gasteiger partial charge >= 0.3 is 0 Å². The molecule has 2 aromatic rings. The van der Waals surface area contributed by atoms with E-state index in [-0.39, 0.29) is 5.97 Å². The number of imidazole rings is 1. The van der Waals surface area contributed by atoms with E-state index in [9.17, 15) is 4.79 Å². The molecule has 5 heteroatoms. The molecule has 0 N–H and O–H groups in total. The third kappa shape index (κ3) is 3.59. The molecule has 0 fully saturated rings. The van der Waals surface area contributed by atoms with Crippen molar-refractivity contribution in [3.8, 4) is 0 Å². The van der Waals surface area contributed by atoms with Gasteiger partial charge in [0.25, 0.3) is 5.97 Å². The monoisotopic (exact) mass is 298 g/mol. The maximum Gasteiger partial charge on any atom is 0.271 e. The molecule has 2 radical (unpaired) electrons. The van der Waals surface area contributed by atoms with Gasteiger partial charge in [0.05, 0.1) is 20.7 Å². The Kier molecular flexibility index (Phi) is 5.06. The Bertz CT molecular complexity index is 620. The molecule has 1 atom stereocenters. The third-order valence-corrected chi connectivity index (χ3v) is 3.84. The maximum absolute atomic E-state index is 12.5. The van der Waals surface area contributed by atoms with E-state index in [2.05, 4.69) is 0 Å². The summed E-state index contributed by atoms with van der Waals surface area (Å²) in [5.41, 5.74) is 2.10. The number of carbonyl (C=O) groups excluding carboxylic acids is 1. The number of carbonyl (C=O) groups is 1. The van der Waals surface area contributed by atoms with Crippen molar-refractivity contribution >= 4 is 19.0 Å². The van der Waals surface area contributed by atoms with Crippen molar-refractivity contribution in [1.29, 1.82) is 0 Å². The number of hydrogen-bond acceptors (Lipinski definition) is 2. The Hall–Kier alpha value is -2.04. The van der Waals surface area contributed by atoms with Crippen LogP contribution in [0.25, 0.3) is 0 Å². The van der Waals surface area contributed by atoms with Gasteiger partial charge in [0.1, 0.15) is 12.4 Å². The fraction of sp³-hybridized carbons (Fsp3) is 0.412. The van der Waals surface area contributed by atoms with Crippen LogP contribution in [-0.2, 0) is 30.0 Å². The lowest BCUT2D eigenvalue weighted by atomic mass is 9.50. The summed E-state index contributed by atoms with van der Waals surface area (Å²) in [7, 11) is 5.94. The highest BCUT2D eigenvalue weighted by molar-refractivity contribution is 6.58. The molecule has 1 unspecified atom stereocenters. The Morgan fingerprint density at radius 1 is 1.36 bits per heavy atom. The zero-order valence-corrected chi connectivity index (χ0v) is 13.7. The average Bonchev–Trinajstić information content (AvgIpc) is 2.80. The van der Waals surface area contributed by atoms with Crippen LogP contribution in [0.2, 0.25) is 5.31 Å². The Morgan fingerprint density at radius 2 is 2.05 bits per heavy atom. The number of nitrogens with zero attached hydrogens (tertiary/aromatic N) is 2. The number of esters is 1. The lowest BCUT2D eigenvalue weighted by Crippen LogP contribution is -2.54. The van der Waals surface area contributed by atoms with E-state index in [1.54, 1.807) is 0 Å². The number of ether oxygens (including phenoxy) is 1. The molecule has 2 rings (SSSR count). The van der Waals surface area contributed by atoms with Crippen LogP contribution in [0.1, 0.15) is 19.4 Å². The fourth-order valence-corrected chi connectivity index (χ4v) is 2.59. The van der Waals surface area contributed by atoms with Crippen molar-refractivity contribution in [1.82, 2.24) is 4.57 Å². The van der Waals surface area contributed by atoms with E-state index in [0.717, 1.165) is 11.3 Å². The van der Waals surface area contributed by atoms with Crippen molar-refractivity contribution in [2.75, 3.05) is 6.61 Å². The fourth-order valence-electron chi connectivity index (χ4n) is 2.59. The predicted molar refractivity (Wildman–Crippen MR) is 87.1 cm³/mol. The standard InChI is InChI=1S/C17H23BN2O2/c1-5-22-15(21)17(2,13-14-9-7-6-8-10-14)18-16-19(3)11-12-20(16)4/h6-12H,5,13H2,1-4H3. The molecule has 0 aliphatic carbocycles. The van der Waals surface area contributed by atoms with Crippen LogP contribution >= 0.6 is 0 Å². The molecule has 0 aliphatic rings. The van der Waals surface area contributed by atoms with Gasteiger partial charge in [-0.15, -0.1) is 5.31 Å². The highest BCUT2D eigenvalue weighted by Crippen LogP contribution is 2.30. The lowest BCUT2D eigenvalue weighted by molar-refractivity contribution is -0.653. The molecule has 0 spiro atoms. The van der Waals surface area contributed by atoms with E-state index in [0.29, 0.717) is 13.0 Å². The number of rotatable bonds is 6. The molecule has 1 aromatic heterocycles. The van der Waals surface area contributed by atoms with Crippen LogP contribution in [0.4, 0.5) is 0 Å². The van der Waals surface area contributed by atoms with Crippen LogP contribution in [0.15, 0.2) is 42.7 Å². The number of hydrogen-bond donors (Lipinski definition) is 0. The molecule has 0 aliphatic heterocycles. The van der Waals surface area contributed by atoms with E-state index < -0.39 is 5.31 Å². The molecule has 4 nitrogen and oxygen atoms in total. The molecular formula is C17H23BN2O2. The molecular weight excluding hydrogens is 275 g/mol. The number of aromatic nitrogens is 2. The smallest absolute Gasteiger partial charge is 0.271 e. The third-order valence-electron chi connectivity index (χ3n) is 3.84. The zero-order chi connectivity index (χ0) is 16.2. The van der Waals surface area contributed by atoms with Crippen LogP contribution < -0.4 is 10.3 Å². The van der Waals surface area contributed by atoms with Crippen LogP contribution in [-0.4, -0.2) is 24.4 Å². The van der Waals surface area contributed by atoms with Crippen molar-refractivity contribution in [2.45, 2.75) is 25.6 Å². The van der Waals surface area contributed by atoms with Gasteiger partial charge in [0.15, 0.2) is 0 Å². The van der Waals surface area contributed by atoms with Gasteiger partial charge < -0.3 is 4.74 Å². The van der Waals surface area contributed by atoms with Crippen LogP contribution in [0.3, 0.4) is 0 Å². The van der Waals surface area contributed by atoms with E-state index >= 15 is 0 Å². The second kappa shape index (κ2) is 6.82. The SMILES string of the molecule is CCOC(=O)C(C)([B-]c1n(C)cc[n+]1C)Cc1ccccc1. The summed E-state index contributed by atoms with van der Waals surface area (Å²) >= 11 is 0. The Balaban J connectivity index is 2.31. The first-order chi connectivity index (χ1) is 10.5. The molecule has 22 heavy (non-hydrogen) atoms. The largest absolute Gasteiger partial charge is 0.468 e. The van der Waals surface area contributed by atoms with Gasteiger partial charge in [0, 0.05) is 5.72 Å². The van der Waals surface area contributed by atoms with E-state index in [1.807, 2.05) is 87.1 Å². The quantitative estimate of drug-likeness (QED) is 0.456. The lowest BCUT2D eigenvalue weighted by Gasteiger charge is -2.37. The van der Waals surface area contributed by atoms with E-state index in [4.69, 9.17) is 4.74 Å². The summed E-state index contributed by atoms with van der Waals surface area (Å²) in [6.07, 6.45) is 4.55. The predicted octanol–water partition coefficient (Wildman–Crippen LogP) is 1.16. The van der Waals surface area contributed by atoms with Crippen LogP contribution in [0, 0.1) is 0 Å². The summed E-state index contributed by atoms with van der Waals surface area (Å²) in [6.45, 7) is 4.16. The molecule has 116 valence electrons. The van der Waals surface area contributed by atoms with Crippen molar-refractivity contribution in [2.24, 2.45) is 14.1 Å². The minimum atomic E-state index is -0.707. The van der Waals surface area contributed by atoms with Gasteiger partial charge in [-0.2, -0.15) is 7.28 Å². The van der Waals surface area contributed by atoms with Crippen LogP contribution in [0.5, 0.6) is 0 Å². The van der Waals surface area contributed by atoms with Gasteiger partial charge in [0.2, 0.25) is 0 Å².